The molecule has 2 aromatic carbocycles. The van der Waals surface area contributed by atoms with Gasteiger partial charge in [0.25, 0.3) is 5.91 Å². The topological polar surface area (TPSA) is 82.4 Å². The minimum Gasteiger partial charge on any atom is -0.492 e. The van der Waals surface area contributed by atoms with Crippen molar-refractivity contribution in [1.29, 1.82) is 5.26 Å². The molecule has 0 radical (unpaired) electrons. The number of hydrogen-bond acceptors (Lipinski definition) is 4. The van der Waals surface area contributed by atoms with E-state index in [-0.39, 0.29) is 19.1 Å². The van der Waals surface area contributed by atoms with Crippen LogP contribution in [0.5, 0.6) is 5.75 Å². The van der Waals surface area contributed by atoms with Crippen molar-refractivity contribution in [1.82, 2.24) is 10.2 Å². The number of nitriles is 1. The number of halogens is 1. The van der Waals surface area contributed by atoms with Crippen molar-refractivity contribution < 1.29 is 14.3 Å². The summed E-state index contributed by atoms with van der Waals surface area (Å²) in [6.07, 6.45) is 0. The van der Waals surface area contributed by atoms with Gasteiger partial charge in [-0.15, -0.1) is 0 Å². The van der Waals surface area contributed by atoms with E-state index in [1.165, 1.54) is 0 Å². The molecule has 1 fully saturated rings. The number of benzene rings is 2. The second kappa shape index (κ2) is 7.06. The van der Waals surface area contributed by atoms with Gasteiger partial charge in [0.1, 0.15) is 17.9 Å². The maximum atomic E-state index is 12.8. The molecule has 3 rings (SSSR count). The third-order valence-electron chi connectivity index (χ3n) is 4.25. The van der Waals surface area contributed by atoms with Gasteiger partial charge in [-0.1, -0.05) is 29.8 Å². The number of hydrogen-bond donors (Lipinski definition) is 1. The first-order valence-electron chi connectivity index (χ1n) is 7.98. The Morgan fingerprint density at radius 2 is 1.88 bits per heavy atom. The molecule has 0 saturated carbocycles. The molecule has 1 heterocycles. The lowest BCUT2D eigenvalue weighted by Gasteiger charge is -2.23. The first-order valence-corrected chi connectivity index (χ1v) is 8.35. The molecule has 7 heteroatoms. The van der Waals surface area contributed by atoms with Gasteiger partial charge in [0.2, 0.25) is 0 Å². The molecular formula is C19H16ClN3O3. The van der Waals surface area contributed by atoms with Gasteiger partial charge in [0, 0.05) is 10.6 Å². The summed E-state index contributed by atoms with van der Waals surface area (Å²) in [4.78, 5) is 26.2. The molecule has 3 amide bonds. The molecule has 1 unspecified atom stereocenters. The molecule has 0 aromatic heterocycles. The number of imide groups is 1. The highest BCUT2D eigenvalue weighted by molar-refractivity contribution is 6.32. The second-order valence-corrected chi connectivity index (χ2v) is 6.38. The summed E-state index contributed by atoms with van der Waals surface area (Å²) >= 11 is 6.19. The maximum Gasteiger partial charge on any atom is 0.325 e. The van der Waals surface area contributed by atoms with Crippen LogP contribution < -0.4 is 10.1 Å². The van der Waals surface area contributed by atoms with Crippen molar-refractivity contribution >= 4 is 23.5 Å². The second-order valence-electron chi connectivity index (χ2n) is 5.98. The molecule has 132 valence electrons. The van der Waals surface area contributed by atoms with Gasteiger partial charge in [-0.25, -0.2) is 4.79 Å². The van der Waals surface area contributed by atoms with Gasteiger partial charge in [0.15, 0.2) is 0 Å². The molecule has 1 saturated heterocycles. The predicted octanol–water partition coefficient (Wildman–Crippen LogP) is 3.06. The van der Waals surface area contributed by atoms with E-state index in [2.05, 4.69) is 5.32 Å². The van der Waals surface area contributed by atoms with Gasteiger partial charge < -0.3 is 10.1 Å². The smallest absolute Gasteiger partial charge is 0.325 e. The summed E-state index contributed by atoms with van der Waals surface area (Å²) in [5.41, 5.74) is -0.123. The van der Waals surface area contributed by atoms with Crippen molar-refractivity contribution in [2.45, 2.75) is 12.5 Å². The van der Waals surface area contributed by atoms with Crippen LogP contribution in [0.15, 0.2) is 48.5 Å². The van der Waals surface area contributed by atoms with Crippen molar-refractivity contribution in [3.05, 3.63) is 64.7 Å². The summed E-state index contributed by atoms with van der Waals surface area (Å²) in [6.45, 7) is 1.88. The fourth-order valence-electron chi connectivity index (χ4n) is 2.83. The van der Waals surface area contributed by atoms with Crippen LogP contribution in [0.3, 0.4) is 0 Å². The number of amides is 3. The van der Waals surface area contributed by atoms with Gasteiger partial charge in [-0.2, -0.15) is 5.26 Å². The zero-order valence-corrected chi connectivity index (χ0v) is 14.8. The highest BCUT2D eigenvalue weighted by atomic mass is 35.5. The third kappa shape index (κ3) is 3.22. The summed E-state index contributed by atoms with van der Waals surface area (Å²) in [5.74, 6) is 0.184. The van der Waals surface area contributed by atoms with Gasteiger partial charge in [0.05, 0.1) is 18.2 Å². The van der Waals surface area contributed by atoms with E-state index in [4.69, 9.17) is 21.6 Å². The number of carbonyl (C=O) groups excluding carboxylic acids is 2. The number of nitrogens with zero attached hydrogens (tertiary/aromatic N) is 2. The first-order chi connectivity index (χ1) is 12.5. The Morgan fingerprint density at radius 3 is 2.54 bits per heavy atom. The van der Waals surface area contributed by atoms with Gasteiger partial charge in [-0.3, -0.25) is 9.69 Å². The Balaban J connectivity index is 1.67. The van der Waals surface area contributed by atoms with Crippen LogP contribution in [0.4, 0.5) is 4.79 Å². The van der Waals surface area contributed by atoms with Gasteiger partial charge >= 0.3 is 6.03 Å². The van der Waals surface area contributed by atoms with Crippen molar-refractivity contribution in [2.75, 3.05) is 13.2 Å². The lowest BCUT2D eigenvalue weighted by atomic mass is 9.92. The van der Waals surface area contributed by atoms with Gasteiger partial charge in [-0.05, 0) is 37.3 Å². The Kier molecular flexibility index (Phi) is 4.83. The Morgan fingerprint density at radius 1 is 1.19 bits per heavy atom. The van der Waals surface area contributed by atoms with Crippen LogP contribution >= 0.6 is 11.6 Å². The number of ether oxygens (including phenoxy) is 1. The minimum atomic E-state index is -1.20. The largest absolute Gasteiger partial charge is 0.492 e. The SMILES string of the molecule is CC1(c2ccccc2Cl)NC(=O)N(CCOc2ccc(C#N)cc2)C1=O. The van der Waals surface area contributed by atoms with Crippen molar-refractivity contribution in [2.24, 2.45) is 0 Å². The molecule has 1 aliphatic rings. The Hall–Kier alpha value is -3.04. The monoisotopic (exact) mass is 369 g/mol. The molecule has 1 atom stereocenters. The van der Waals surface area contributed by atoms with E-state index in [0.717, 1.165) is 4.90 Å². The summed E-state index contributed by atoms with van der Waals surface area (Å²) in [7, 11) is 0. The maximum absolute atomic E-state index is 12.8. The zero-order chi connectivity index (χ0) is 18.7. The number of rotatable bonds is 5. The summed E-state index contributed by atoms with van der Waals surface area (Å²) < 4.78 is 5.55. The number of nitrogens with one attached hydrogen (secondary N) is 1. The first kappa shape index (κ1) is 17.8. The standard InChI is InChI=1S/C19H16ClN3O3/c1-19(15-4-2-3-5-16(15)20)17(24)23(18(25)22-19)10-11-26-14-8-6-13(12-21)7-9-14/h2-9H,10-11H2,1H3,(H,22,25). The Labute approximate surface area is 155 Å². The van der Waals surface area contributed by atoms with E-state index < -0.39 is 11.6 Å². The average molecular weight is 370 g/mol. The number of urea groups is 1. The highest BCUT2D eigenvalue weighted by Crippen LogP contribution is 2.33. The average Bonchev–Trinajstić information content (AvgIpc) is 2.86. The Bertz CT molecular complexity index is 892. The van der Waals surface area contributed by atoms with Crippen LogP contribution in [0.25, 0.3) is 0 Å². The molecule has 2 aromatic rings. The van der Waals surface area contributed by atoms with E-state index in [9.17, 15) is 9.59 Å². The minimum absolute atomic E-state index is 0.102. The van der Waals surface area contributed by atoms with Crippen LogP contribution in [0.1, 0.15) is 18.1 Å². The fraction of sp³-hybridized carbons (Fsp3) is 0.211. The van der Waals surface area contributed by atoms with Crippen LogP contribution in [0, 0.1) is 11.3 Å². The molecule has 1 aliphatic heterocycles. The van der Waals surface area contributed by atoms with E-state index in [0.29, 0.717) is 21.9 Å². The van der Waals surface area contributed by atoms with Crippen LogP contribution in [-0.2, 0) is 10.3 Å². The van der Waals surface area contributed by atoms with Crippen molar-refractivity contribution in [3.8, 4) is 11.8 Å². The third-order valence-corrected chi connectivity index (χ3v) is 4.58. The van der Waals surface area contributed by atoms with Crippen LogP contribution in [0.2, 0.25) is 5.02 Å². The molecule has 1 N–H and O–H groups in total. The molecular weight excluding hydrogens is 354 g/mol. The van der Waals surface area contributed by atoms with E-state index in [1.807, 2.05) is 6.07 Å². The summed E-state index contributed by atoms with van der Waals surface area (Å²) in [5, 5.41) is 11.9. The van der Waals surface area contributed by atoms with Crippen molar-refractivity contribution in [3.63, 3.8) is 0 Å². The quantitative estimate of drug-likeness (QED) is 0.821. The molecule has 26 heavy (non-hydrogen) atoms. The van der Waals surface area contributed by atoms with E-state index in [1.54, 1.807) is 55.5 Å². The lowest BCUT2D eigenvalue weighted by molar-refractivity contribution is -0.131. The molecule has 0 aliphatic carbocycles. The van der Waals surface area contributed by atoms with Crippen LogP contribution in [-0.4, -0.2) is 30.0 Å². The normalized spacial score (nSPS) is 19.2. The molecule has 0 bridgehead atoms. The fourth-order valence-corrected chi connectivity index (χ4v) is 3.15. The summed E-state index contributed by atoms with van der Waals surface area (Å²) in [6, 6.07) is 15.1. The molecule has 0 spiro atoms. The highest BCUT2D eigenvalue weighted by Gasteiger charge is 2.49. The van der Waals surface area contributed by atoms with E-state index >= 15 is 0 Å². The molecule has 6 nitrogen and oxygen atoms in total. The number of carbonyl (C=O) groups is 2. The lowest BCUT2D eigenvalue weighted by Crippen LogP contribution is -2.41. The predicted molar refractivity (Wildman–Crippen MR) is 95.7 cm³/mol. The zero-order valence-electron chi connectivity index (χ0n) is 14.0.